The molecule has 2 aromatic carbocycles. The predicted molar refractivity (Wildman–Crippen MR) is 87.8 cm³/mol. The molecule has 2 aliphatic heterocycles. The summed E-state index contributed by atoms with van der Waals surface area (Å²) in [5, 5.41) is 0. The Bertz CT molecular complexity index is 697. The standard InChI is InChI=1S/C19H19F3N2/c20-19(21,22)16-6-8-17(9-7-16)24-12-15-11-23(13-18(15)24)10-14-4-2-1-3-5-14/h1-9,15,18H,10-13H2. The van der Waals surface area contributed by atoms with Gasteiger partial charge in [0.1, 0.15) is 0 Å². The number of halogens is 3. The summed E-state index contributed by atoms with van der Waals surface area (Å²) in [6, 6.07) is 16.4. The summed E-state index contributed by atoms with van der Waals surface area (Å²) in [6.45, 7) is 3.91. The van der Waals surface area contributed by atoms with Gasteiger partial charge in [-0.05, 0) is 29.8 Å². The van der Waals surface area contributed by atoms with Gasteiger partial charge in [-0.2, -0.15) is 13.2 Å². The summed E-state index contributed by atoms with van der Waals surface area (Å²) >= 11 is 0. The van der Waals surface area contributed by atoms with E-state index in [1.165, 1.54) is 17.7 Å². The largest absolute Gasteiger partial charge is 0.416 e. The Morgan fingerprint density at radius 3 is 2.25 bits per heavy atom. The van der Waals surface area contributed by atoms with Crippen molar-refractivity contribution in [1.29, 1.82) is 0 Å². The van der Waals surface area contributed by atoms with E-state index >= 15 is 0 Å². The average Bonchev–Trinajstić information content (AvgIpc) is 2.85. The molecule has 0 aromatic heterocycles. The molecule has 2 fully saturated rings. The smallest absolute Gasteiger partial charge is 0.366 e. The number of benzene rings is 2. The number of nitrogens with zero attached hydrogens (tertiary/aromatic N) is 2. The van der Waals surface area contributed by atoms with E-state index in [1.54, 1.807) is 12.1 Å². The van der Waals surface area contributed by atoms with E-state index in [2.05, 4.69) is 34.1 Å². The molecule has 126 valence electrons. The molecular formula is C19H19F3N2. The van der Waals surface area contributed by atoms with Crippen molar-refractivity contribution in [3.05, 3.63) is 65.7 Å². The molecule has 0 spiro atoms. The Balaban J connectivity index is 1.40. The van der Waals surface area contributed by atoms with Crippen molar-refractivity contribution in [3.63, 3.8) is 0 Å². The second-order valence-corrected chi connectivity index (χ2v) is 6.70. The number of anilines is 1. The predicted octanol–water partition coefficient (Wildman–Crippen LogP) is 4.03. The maximum atomic E-state index is 12.7. The maximum Gasteiger partial charge on any atom is 0.416 e. The van der Waals surface area contributed by atoms with Crippen LogP contribution in [0.15, 0.2) is 54.6 Å². The van der Waals surface area contributed by atoms with Gasteiger partial charge in [0.05, 0.1) is 5.56 Å². The minimum Gasteiger partial charge on any atom is -0.366 e. The van der Waals surface area contributed by atoms with Crippen molar-refractivity contribution in [2.75, 3.05) is 24.5 Å². The molecule has 0 bridgehead atoms. The molecule has 2 nitrogen and oxygen atoms in total. The number of fused-ring (bicyclic) bond motifs is 1. The highest BCUT2D eigenvalue weighted by molar-refractivity contribution is 5.52. The third-order valence-electron chi connectivity index (χ3n) is 5.09. The molecule has 0 saturated carbocycles. The molecule has 2 unspecified atom stereocenters. The zero-order valence-electron chi connectivity index (χ0n) is 13.2. The van der Waals surface area contributed by atoms with Gasteiger partial charge in [0.25, 0.3) is 0 Å². The molecule has 4 rings (SSSR count). The van der Waals surface area contributed by atoms with Crippen LogP contribution in [-0.4, -0.2) is 30.6 Å². The number of hydrogen-bond acceptors (Lipinski definition) is 2. The van der Waals surface area contributed by atoms with E-state index in [-0.39, 0.29) is 0 Å². The van der Waals surface area contributed by atoms with Gasteiger partial charge in [-0.15, -0.1) is 0 Å². The first-order chi connectivity index (χ1) is 11.5. The van der Waals surface area contributed by atoms with Crippen molar-refractivity contribution >= 4 is 5.69 Å². The minimum atomic E-state index is -4.27. The van der Waals surface area contributed by atoms with Crippen LogP contribution in [0.3, 0.4) is 0 Å². The first-order valence-corrected chi connectivity index (χ1v) is 8.21. The van der Waals surface area contributed by atoms with Gasteiger partial charge < -0.3 is 4.90 Å². The van der Waals surface area contributed by atoms with Crippen LogP contribution in [0.5, 0.6) is 0 Å². The SMILES string of the molecule is FC(F)(F)c1ccc(N2CC3CN(Cc4ccccc4)CC32)cc1. The Morgan fingerprint density at radius 2 is 1.58 bits per heavy atom. The summed E-state index contributed by atoms with van der Waals surface area (Å²) in [5.41, 5.74) is 1.62. The fourth-order valence-electron chi connectivity index (χ4n) is 3.83. The molecule has 0 aliphatic carbocycles. The van der Waals surface area contributed by atoms with Gasteiger partial charge in [0, 0.05) is 43.8 Å². The summed E-state index contributed by atoms with van der Waals surface area (Å²) in [7, 11) is 0. The van der Waals surface area contributed by atoms with E-state index in [1.807, 2.05) is 6.07 Å². The van der Waals surface area contributed by atoms with Crippen molar-refractivity contribution in [3.8, 4) is 0 Å². The fourth-order valence-corrected chi connectivity index (χ4v) is 3.83. The second-order valence-electron chi connectivity index (χ2n) is 6.70. The summed E-state index contributed by atoms with van der Waals surface area (Å²) in [5.74, 6) is 0.621. The third-order valence-corrected chi connectivity index (χ3v) is 5.09. The average molecular weight is 332 g/mol. The van der Waals surface area contributed by atoms with Gasteiger partial charge in [-0.25, -0.2) is 0 Å². The zero-order valence-corrected chi connectivity index (χ0v) is 13.2. The molecule has 0 amide bonds. The summed E-state index contributed by atoms with van der Waals surface area (Å²) in [4.78, 5) is 4.67. The highest BCUT2D eigenvalue weighted by atomic mass is 19.4. The minimum absolute atomic E-state index is 0.422. The van der Waals surface area contributed by atoms with Crippen LogP contribution < -0.4 is 4.90 Å². The zero-order chi connectivity index (χ0) is 16.7. The molecule has 2 aliphatic rings. The number of hydrogen-bond donors (Lipinski definition) is 0. The molecular weight excluding hydrogens is 313 g/mol. The highest BCUT2D eigenvalue weighted by Crippen LogP contribution is 2.38. The third kappa shape index (κ3) is 2.88. The van der Waals surface area contributed by atoms with Crippen molar-refractivity contribution < 1.29 is 13.2 Å². The van der Waals surface area contributed by atoms with Crippen molar-refractivity contribution in [2.45, 2.75) is 18.8 Å². The van der Waals surface area contributed by atoms with Crippen LogP contribution in [0.25, 0.3) is 0 Å². The van der Waals surface area contributed by atoms with Gasteiger partial charge in [-0.3, -0.25) is 4.90 Å². The first kappa shape index (κ1) is 15.5. The number of rotatable bonds is 3. The first-order valence-electron chi connectivity index (χ1n) is 8.21. The van der Waals surface area contributed by atoms with Gasteiger partial charge in [0.2, 0.25) is 0 Å². The molecule has 0 N–H and O–H groups in total. The molecule has 0 radical (unpaired) electrons. The lowest BCUT2D eigenvalue weighted by Crippen LogP contribution is -2.55. The molecule has 2 aromatic rings. The van der Waals surface area contributed by atoms with Gasteiger partial charge >= 0.3 is 6.18 Å². The molecule has 2 saturated heterocycles. The Kier molecular flexibility index (Phi) is 3.76. The Morgan fingerprint density at radius 1 is 0.875 bits per heavy atom. The highest BCUT2D eigenvalue weighted by Gasteiger charge is 2.45. The monoisotopic (exact) mass is 332 g/mol. The molecule has 2 heterocycles. The van der Waals surface area contributed by atoms with E-state index < -0.39 is 11.7 Å². The lowest BCUT2D eigenvalue weighted by Gasteiger charge is -2.45. The van der Waals surface area contributed by atoms with E-state index in [4.69, 9.17) is 0 Å². The van der Waals surface area contributed by atoms with Crippen LogP contribution >= 0.6 is 0 Å². The lowest BCUT2D eigenvalue weighted by atomic mass is 9.91. The molecule has 2 atom stereocenters. The van der Waals surface area contributed by atoms with Gasteiger partial charge in [0.15, 0.2) is 0 Å². The molecule has 24 heavy (non-hydrogen) atoms. The van der Waals surface area contributed by atoms with Crippen LogP contribution in [-0.2, 0) is 12.7 Å². The Labute approximate surface area is 139 Å². The van der Waals surface area contributed by atoms with Crippen LogP contribution in [0, 0.1) is 5.92 Å². The Hall–Kier alpha value is -2.01. The van der Waals surface area contributed by atoms with E-state index in [0.29, 0.717) is 12.0 Å². The van der Waals surface area contributed by atoms with Crippen molar-refractivity contribution in [1.82, 2.24) is 4.90 Å². The van der Waals surface area contributed by atoms with Crippen LogP contribution in [0.2, 0.25) is 0 Å². The van der Waals surface area contributed by atoms with Crippen molar-refractivity contribution in [2.24, 2.45) is 5.92 Å². The van der Waals surface area contributed by atoms with Crippen LogP contribution in [0.1, 0.15) is 11.1 Å². The number of likely N-dealkylation sites (tertiary alicyclic amines) is 1. The van der Waals surface area contributed by atoms with E-state index in [9.17, 15) is 13.2 Å². The quantitative estimate of drug-likeness (QED) is 0.837. The fraction of sp³-hybridized carbons (Fsp3) is 0.368. The lowest BCUT2D eigenvalue weighted by molar-refractivity contribution is -0.137. The molecule has 5 heteroatoms. The summed E-state index contributed by atoms with van der Waals surface area (Å²) in [6.07, 6.45) is -4.27. The maximum absolute atomic E-state index is 12.7. The normalized spacial score (nSPS) is 23.9. The summed E-state index contributed by atoms with van der Waals surface area (Å²) < 4.78 is 38.0. The van der Waals surface area contributed by atoms with Gasteiger partial charge in [-0.1, -0.05) is 30.3 Å². The topological polar surface area (TPSA) is 6.48 Å². The second kappa shape index (κ2) is 5.81. The number of alkyl halides is 3. The van der Waals surface area contributed by atoms with E-state index in [0.717, 1.165) is 31.9 Å². The van der Waals surface area contributed by atoms with Crippen LogP contribution in [0.4, 0.5) is 18.9 Å².